The Bertz CT molecular complexity index is 1290. The summed E-state index contributed by atoms with van der Waals surface area (Å²) < 4.78 is 20.6. The third-order valence-corrected chi connectivity index (χ3v) is 6.29. The van der Waals surface area contributed by atoms with Crippen molar-refractivity contribution in [3.05, 3.63) is 120 Å². The maximum Gasteiger partial charge on any atom is 0.254 e. The summed E-state index contributed by atoms with van der Waals surface area (Å²) in [6.07, 6.45) is 0.734. The summed E-state index contributed by atoms with van der Waals surface area (Å²) in [6.45, 7) is 1.96. The first-order chi connectivity index (χ1) is 17.2. The number of piperazine rings is 1. The zero-order chi connectivity index (χ0) is 24.0. The largest absolute Gasteiger partial charge is 0.457 e. The van der Waals surface area contributed by atoms with Crippen molar-refractivity contribution in [3.8, 4) is 22.6 Å². The normalized spacial score (nSPS) is 15.6. The van der Waals surface area contributed by atoms with Crippen molar-refractivity contribution >= 4 is 5.91 Å². The van der Waals surface area contributed by atoms with Crippen LogP contribution in [0.2, 0.25) is 0 Å². The summed E-state index contributed by atoms with van der Waals surface area (Å²) in [5.41, 5.74) is 2.91. The highest BCUT2D eigenvalue weighted by Crippen LogP contribution is 2.36. The van der Waals surface area contributed by atoms with E-state index in [2.05, 4.69) is 17.4 Å². The molecule has 176 valence electrons. The van der Waals surface area contributed by atoms with Crippen LogP contribution >= 0.6 is 0 Å². The van der Waals surface area contributed by atoms with Gasteiger partial charge in [-0.1, -0.05) is 72.8 Å². The molecule has 1 atom stereocenters. The monoisotopic (exact) mass is 466 g/mol. The minimum atomic E-state index is -0.437. The molecule has 0 bridgehead atoms. The number of benzene rings is 4. The predicted octanol–water partition coefficient (Wildman–Crippen LogP) is 5.94. The van der Waals surface area contributed by atoms with Gasteiger partial charge in [0.05, 0.1) is 5.56 Å². The van der Waals surface area contributed by atoms with Crippen molar-refractivity contribution in [2.45, 2.75) is 12.5 Å². The highest BCUT2D eigenvalue weighted by Gasteiger charge is 2.29. The van der Waals surface area contributed by atoms with Gasteiger partial charge < -0.3 is 15.0 Å². The molecule has 1 aliphatic rings. The second kappa shape index (κ2) is 10.5. The number of nitrogens with zero attached hydrogens (tertiary/aromatic N) is 1. The van der Waals surface area contributed by atoms with Crippen molar-refractivity contribution in [1.82, 2.24) is 10.2 Å². The Balaban J connectivity index is 1.50. The fraction of sp³-hybridized carbons (Fsp3) is 0.167. The summed E-state index contributed by atoms with van der Waals surface area (Å²) >= 11 is 0. The van der Waals surface area contributed by atoms with Gasteiger partial charge in [-0.15, -0.1) is 0 Å². The van der Waals surface area contributed by atoms with Gasteiger partial charge >= 0.3 is 0 Å². The van der Waals surface area contributed by atoms with Crippen LogP contribution in [-0.2, 0) is 6.42 Å². The van der Waals surface area contributed by atoms with E-state index in [1.54, 1.807) is 6.07 Å². The average molecular weight is 467 g/mol. The molecule has 0 aromatic heterocycles. The van der Waals surface area contributed by atoms with Crippen molar-refractivity contribution < 1.29 is 13.9 Å². The molecule has 1 heterocycles. The minimum absolute atomic E-state index is 0.0226. The van der Waals surface area contributed by atoms with E-state index in [4.69, 9.17) is 4.74 Å². The highest BCUT2D eigenvalue weighted by atomic mass is 19.1. The molecule has 1 N–H and O–H groups in total. The lowest BCUT2D eigenvalue weighted by Crippen LogP contribution is -2.54. The average Bonchev–Trinajstić information content (AvgIpc) is 2.90. The van der Waals surface area contributed by atoms with E-state index in [-0.39, 0.29) is 11.9 Å². The number of hydrogen-bond donors (Lipinski definition) is 1. The Morgan fingerprint density at radius 1 is 0.886 bits per heavy atom. The Morgan fingerprint density at radius 3 is 2.40 bits per heavy atom. The van der Waals surface area contributed by atoms with Crippen LogP contribution in [0, 0.1) is 5.82 Å². The summed E-state index contributed by atoms with van der Waals surface area (Å²) in [5.74, 6) is 0.699. The van der Waals surface area contributed by atoms with E-state index in [0.717, 1.165) is 12.0 Å². The summed E-state index contributed by atoms with van der Waals surface area (Å²) in [4.78, 5) is 15.8. The molecule has 1 aliphatic heterocycles. The molecule has 35 heavy (non-hydrogen) atoms. The number of amides is 1. The Hall–Kier alpha value is -3.96. The van der Waals surface area contributed by atoms with E-state index < -0.39 is 5.82 Å². The number of halogens is 1. The van der Waals surface area contributed by atoms with Gasteiger partial charge in [-0.05, 0) is 47.9 Å². The first-order valence-electron chi connectivity index (χ1n) is 11.9. The number of carbonyl (C=O) groups is 1. The fourth-order valence-corrected chi connectivity index (χ4v) is 4.57. The first kappa shape index (κ1) is 22.8. The number of carbonyl (C=O) groups excluding carboxylic acids is 1. The van der Waals surface area contributed by atoms with Crippen LogP contribution in [0.5, 0.6) is 11.5 Å². The van der Waals surface area contributed by atoms with Gasteiger partial charge in [-0.3, -0.25) is 4.79 Å². The van der Waals surface area contributed by atoms with Crippen molar-refractivity contribution in [2.24, 2.45) is 0 Å². The van der Waals surface area contributed by atoms with Crippen LogP contribution in [0.15, 0.2) is 103 Å². The minimum Gasteiger partial charge on any atom is -0.457 e. The molecule has 1 fully saturated rings. The van der Waals surface area contributed by atoms with E-state index in [9.17, 15) is 9.18 Å². The van der Waals surface area contributed by atoms with Crippen molar-refractivity contribution in [1.29, 1.82) is 0 Å². The molecule has 4 aromatic carbocycles. The number of nitrogens with one attached hydrogen (secondary N) is 1. The van der Waals surface area contributed by atoms with Gasteiger partial charge in [0.15, 0.2) is 0 Å². The van der Waals surface area contributed by atoms with Crippen LogP contribution in [0.4, 0.5) is 4.39 Å². The van der Waals surface area contributed by atoms with Crippen molar-refractivity contribution in [2.75, 3.05) is 19.6 Å². The molecule has 0 radical (unpaired) electrons. The van der Waals surface area contributed by atoms with Gasteiger partial charge in [-0.2, -0.15) is 0 Å². The maximum absolute atomic E-state index is 14.5. The summed E-state index contributed by atoms with van der Waals surface area (Å²) in [7, 11) is 0. The van der Waals surface area contributed by atoms with Gasteiger partial charge in [0, 0.05) is 31.2 Å². The number of rotatable bonds is 6. The molecular formula is C30H27FN2O2. The molecule has 5 rings (SSSR count). The second-order valence-corrected chi connectivity index (χ2v) is 8.65. The Kier molecular flexibility index (Phi) is 6.87. The quantitative estimate of drug-likeness (QED) is 0.382. The maximum atomic E-state index is 14.5. The first-order valence-corrected chi connectivity index (χ1v) is 11.9. The molecule has 1 amide bonds. The van der Waals surface area contributed by atoms with Crippen LogP contribution in [-0.4, -0.2) is 36.5 Å². The zero-order valence-electron chi connectivity index (χ0n) is 19.4. The molecule has 4 nitrogen and oxygen atoms in total. The van der Waals surface area contributed by atoms with Crippen LogP contribution in [0.3, 0.4) is 0 Å². The third-order valence-electron chi connectivity index (χ3n) is 6.29. The summed E-state index contributed by atoms with van der Waals surface area (Å²) in [5, 5.41) is 3.40. The van der Waals surface area contributed by atoms with Gasteiger partial charge in [0.25, 0.3) is 5.91 Å². The van der Waals surface area contributed by atoms with Crippen LogP contribution < -0.4 is 10.1 Å². The second-order valence-electron chi connectivity index (χ2n) is 8.65. The van der Waals surface area contributed by atoms with E-state index in [0.29, 0.717) is 42.3 Å². The van der Waals surface area contributed by atoms with Crippen molar-refractivity contribution in [3.63, 3.8) is 0 Å². The lowest BCUT2D eigenvalue weighted by atomic mass is 9.96. The SMILES string of the molecule is O=C(c1cc(F)ccc1-c1ccccc1Oc1ccccc1)N1CCNCC1Cc1ccccc1. The van der Waals surface area contributed by atoms with Gasteiger partial charge in [0.1, 0.15) is 17.3 Å². The van der Waals surface area contributed by atoms with E-state index >= 15 is 0 Å². The molecule has 1 unspecified atom stereocenters. The molecule has 0 spiro atoms. The van der Waals surface area contributed by atoms with Crippen LogP contribution in [0.1, 0.15) is 15.9 Å². The molecule has 5 heteroatoms. The van der Waals surface area contributed by atoms with Gasteiger partial charge in [-0.25, -0.2) is 4.39 Å². The van der Waals surface area contributed by atoms with E-state index in [1.807, 2.05) is 77.7 Å². The fourth-order valence-electron chi connectivity index (χ4n) is 4.57. The molecule has 1 saturated heterocycles. The molecular weight excluding hydrogens is 439 g/mol. The smallest absolute Gasteiger partial charge is 0.254 e. The van der Waals surface area contributed by atoms with Crippen LogP contribution in [0.25, 0.3) is 11.1 Å². The number of hydrogen-bond acceptors (Lipinski definition) is 3. The standard InChI is InChI=1S/C30H27FN2O2/c31-23-15-16-26(27-13-7-8-14-29(27)35-25-11-5-2-6-12-25)28(20-23)30(34)33-18-17-32-21-24(33)19-22-9-3-1-4-10-22/h1-16,20,24,32H,17-19,21H2. The highest BCUT2D eigenvalue weighted by molar-refractivity contribution is 6.02. The Morgan fingerprint density at radius 2 is 1.60 bits per heavy atom. The third kappa shape index (κ3) is 5.26. The summed E-state index contributed by atoms with van der Waals surface area (Å²) in [6, 6.07) is 31.6. The molecule has 4 aromatic rings. The predicted molar refractivity (Wildman–Crippen MR) is 136 cm³/mol. The van der Waals surface area contributed by atoms with E-state index in [1.165, 1.54) is 17.7 Å². The zero-order valence-corrected chi connectivity index (χ0v) is 19.4. The molecule has 0 aliphatic carbocycles. The Labute approximate surface area is 205 Å². The number of ether oxygens (including phenoxy) is 1. The van der Waals surface area contributed by atoms with Gasteiger partial charge in [0.2, 0.25) is 0 Å². The molecule has 0 saturated carbocycles. The number of para-hydroxylation sites is 2. The topological polar surface area (TPSA) is 41.6 Å². The lowest BCUT2D eigenvalue weighted by molar-refractivity contribution is 0.0636. The lowest BCUT2D eigenvalue weighted by Gasteiger charge is -2.37.